The van der Waals surface area contributed by atoms with Gasteiger partial charge >= 0.3 is 0 Å². The summed E-state index contributed by atoms with van der Waals surface area (Å²) in [6.07, 6.45) is 0. The van der Waals surface area contributed by atoms with E-state index in [4.69, 9.17) is 32.7 Å². The molecule has 0 saturated carbocycles. The van der Waals surface area contributed by atoms with E-state index < -0.39 is 0 Å². The van der Waals surface area contributed by atoms with Gasteiger partial charge in [0.05, 0.1) is 17.9 Å². The van der Waals surface area contributed by atoms with Crippen LogP contribution in [0.4, 0.5) is 5.69 Å². The molecule has 10 heteroatoms. The first-order valence-corrected chi connectivity index (χ1v) is 10.8. The van der Waals surface area contributed by atoms with E-state index in [1.807, 2.05) is 11.5 Å². The van der Waals surface area contributed by atoms with Crippen LogP contribution in [0.25, 0.3) is 0 Å². The van der Waals surface area contributed by atoms with Gasteiger partial charge in [0.25, 0.3) is 0 Å². The van der Waals surface area contributed by atoms with Gasteiger partial charge in [-0.2, -0.15) is 0 Å². The van der Waals surface area contributed by atoms with Gasteiger partial charge in [-0.15, -0.1) is 10.2 Å². The maximum atomic E-state index is 12.3. The number of thioether (sulfide) groups is 1. The Kier molecular flexibility index (Phi) is 7.84. The second-order valence-electron chi connectivity index (χ2n) is 6.07. The minimum atomic E-state index is -0.137. The molecule has 0 aliphatic rings. The van der Waals surface area contributed by atoms with Gasteiger partial charge in [0.2, 0.25) is 5.91 Å². The summed E-state index contributed by atoms with van der Waals surface area (Å²) < 4.78 is 12.8. The highest BCUT2D eigenvalue weighted by Crippen LogP contribution is 2.28. The number of amides is 1. The normalized spacial score (nSPS) is 10.7. The Morgan fingerprint density at radius 2 is 1.93 bits per heavy atom. The molecule has 30 heavy (non-hydrogen) atoms. The number of hydrogen-bond donors (Lipinski definition) is 1. The number of carbonyl (C=O) groups excluding carboxylic acids is 1. The van der Waals surface area contributed by atoms with Gasteiger partial charge in [-0.1, -0.05) is 35.0 Å². The fourth-order valence-corrected chi connectivity index (χ4v) is 3.87. The van der Waals surface area contributed by atoms with E-state index in [0.717, 1.165) is 5.75 Å². The number of anilines is 1. The number of nitrogens with one attached hydrogen (secondary N) is 1. The van der Waals surface area contributed by atoms with Crippen molar-refractivity contribution in [2.75, 3.05) is 18.2 Å². The van der Waals surface area contributed by atoms with Gasteiger partial charge in [0.1, 0.15) is 18.1 Å². The third kappa shape index (κ3) is 5.81. The maximum Gasteiger partial charge on any atom is 0.234 e. The summed E-state index contributed by atoms with van der Waals surface area (Å²) in [7, 11) is 1.59. The first-order valence-electron chi connectivity index (χ1n) is 9.06. The third-order valence-electron chi connectivity index (χ3n) is 4.07. The molecule has 0 saturated heterocycles. The lowest BCUT2D eigenvalue weighted by Crippen LogP contribution is -2.15. The molecule has 0 atom stereocenters. The van der Waals surface area contributed by atoms with Crippen molar-refractivity contribution in [2.24, 2.45) is 0 Å². The molecule has 0 unspecified atom stereocenters. The van der Waals surface area contributed by atoms with Crippen LogP contribution in [0.5, 0.6) is 11.5 Å². The molecule has 1 amide bonds. The predicted octanol–water partition coefficient (Wildman–Crippen LogP) is 4.92. The lowest BCUT2D eigenvalue weighted by Gasteiger charge is -2.10. The van der Waals surface area contributed by atoms with E-state index in [-0.39, 0.29) is 18.3 Å². The highest BCUT2D eigenvalue weighted by molar-refractivity contribution is 7.99. The predicted molar refractivity (Wildman–Crippen MR) is 119 cm³/mol. The Balaban J connectivity index is 1.57. The molecule has 1 heterocycles. The van der Waals surface area contributed by atoms with Crippen LogP contribution in [0, 0.1) is 0 Å². The van der Waals surface area contributed by atoms with Crippen LogP contribution in [-0.4, -0.2) is 33.5 Å². The quantitative estimate of drug-likeness (QED) is 0.450. The van der Waals surface area contributed by atoms with Crippen LogP contribution in [0.2, 0.25) is 10.0 Å². The number of hydrogen-bond acceptors (Lipinski definition) is 6. The lowest BCUT2D eigenvalue weighted by atomic mass is 10.3. The van der Waals surface area contributed by atoms with Gasteiger partial charge < -0.3 is 19.4 Å². The summed E-state index contributed by atoms with van der Waals surface area (Å²) in [5, 5.41) is 12.8. The molecule has 0 aliphatic carbocycles. The minimum absolute atomic E-state index is 0.137. The van der Waals surface area contributed by atoms with Crippen molar-refractivity contribution in [1.29, 1.82) is 0 Å². The van der Waals surface area contributed by atoms with Crippen molar-refractivity contribution in [3.8, 4) is 11.5 Å². The zero-order chi connectivity index (χ0) is 21.5. The standard InChI is InChI=1S/C20H20Cl2N4O3S/c1-3-26-18(11-29-17-9-4-13(21)10-16(17)22)24-25-20(26)30-12-19(27)23-14-5-7-15(28-2)8-6-14/h4-10H,3,11-12H2,1-2H3,(H,23,27). The summed E-state index contributed by atoms with van der Waals surface area (Å²) in [5.41, 5.74) is 0.701. The summed E-state index contributed by atoms with van der Waals surface area (Å²) >= 11 is 13.3. The van der Waals surface area contributed by atoms with Crippen molar-refractivity contribution in [3.63, 3.8) is 0 Å². The largest absolute Gasteiger partial charge is 0.497 e. The van der Waals surface area contributed by atoms with Gasteiger partial charge in [-0.05, 0) is 49.4 Å². The number of ether oxygens (including phenoxy) is 2. The smallest absolute Gasteiger partial charge is 0.234 e. The highest BCUT2D eigenvalue weighted by atomic mass is 35.5. The summed E-state index contributed by atoms with van der Waals surface area (Å²) in [6, 6.07) is 12.2. The van der Waals surface area contributed by atoms with Gasteiger partial charge in [-0.25, -0.2) is 0 Å². The number of rotatable bonds is 9. The van der Waals surface area contributed by atoms with Crippen molar-refractivity contribution < 1.29 is 14.3 Å². The molecule has 158 valence electrons. The molecular formula is C20H20Cl2N4O3S. The van der Waals surface area contributed by atoms with E-state index in [2.05, 4.69) is 15.5 Å². The van der Waals surface area contributed by atoms with Gasteiger partial charge in [-0.3, -0.25) is 4.79 Å². The van der Waals surface area contributed by atoms with Crippen molar-refractivity contribution in [2.45, 2.75) is 25.2 Å². The van der Waals surface area contributed by atoms with E-state index >= 15 is 0 Å². The Morgan fingerprint density at radius 1 is 1.17 bits per heavy atom. The zero-order valence-corrected chi connectivity index (χ0v) is 18.7. The SMILES string of the molecule is CCn1c(COc2ccc(Cl)cc2Cl)nnc1SCC(=O)Nc1ccc(OC)cc1. The van der Waals surface area contributed by atoms with Crippen LogP contribution >= 0.6 is 35.0 Å². The van der Waals surface area contributed by atoms with E-state index in [0.29, 0.717) is 39.0 Å². The molecule has 2 aromatic carbocycles. The zero-order valence-electron chi connectivity index (χ0n) is 16.4. The molecule has 0 radical (unpaired) electrons. The van der Waals surface area contributed by atoms with E-state index in [1.54, 1.807) is 49.6 Å². The molecule has 1 aromatic heterocycles. The minimum Gasteiger partial charge on any atom is -0.497 e. The van der Waals surface area contributed by atoms with Gasteiger partial charge in [0.15, 0.2) is 11.0 Å². The molecule has 0 aliphatic heterocycles. The maximum absolute atomic E-state index is 12.3. The number of carbonyl (C=O) groups is 1. The number of aromatic nitrogens is 3. The molecule has 3 aromatic rings. The number of halogens is 2. The van der Waals surface area contributed by atoms with E-state index in [9.17, 15) is 4.79 Å². The molecule has 0 bridgehead atoms. The summed E-state index contributed by atoms with van der Waals surface area (Å²) in [5.74, 6) is 1.95. The molecule has 7 nitrogen and oxygen atoms in total. The first-order chi connectivity index (χ1) is 14.5. The molecule has 1 N–H and O–H groups in total. The monoisotopic (exact) mass is 466 g/mol. The number of nitrogens with zero attached hydrogens (tertiary/aromatic N) is 3. The molecule has 0 fully saturated rings. The first kappa shape index (κ1) is 22.3. The third-order valence-corrected chi connectivity index (χ3v) is 5.56. The second-order valence-corrected chi connectivity index (χ2v) is 7.86. The van der Waals surface area contributed by atoms with Crippen molar-refractivity contribution in [3.05, 3.63) is 58.3 Å². The molecular weight excluding hydrogens is 447 g/mol. The van der Waals surface area contributed by atoms with Crippen molar-refractivity contribution >= 4 is 46.6 Å². The number of benzene rings is 2. The topological polar surface area (TPSA) is 78.3 Å². The van der Waals surface area contributed by atoms with Crippen LogP contribution in [0.15, 0.2) is 47.6 Å². The van der Waals surface area contributed by atoms with Crippen LogP contribution in [-0.2, 0) is 17.9 Å². The fourth-order valence-electron chi connectivity index (χ4n) is 2.59. The van der Waals surface area contributed by atoms with E-state index in [1.165, 1.54) is 11.8 Å². The van der Waals surface area contributed by atoms with Crippen molar-refractivity contribution in [1.82, 2.24) is 14.8 Å². The average molecular weight is 467 g/mol. The Labute approximate surface area is 188 Å². The summed E-state index contributed by atoms with van der Waals surface area (Å²) in [6.45, 7) is 2.81. The van der Waals surface area contributed by atoms with Crippen LogP contribution in [0.3, 0.4) is 0 Å². The van der Waals surface area contributed by atoms with Crippen LogP contribution < -0.4 is 14.8 Å². The Morgan fingerprint density at radius 3 is 2.60 bits per heavy atom. The number of methoxy groups -OCH3 is 1. The van der Waals surface area contributed by atoms with Crippen LogP contribution in [0.1, 0.15) is 12.7 Å². The molecule has 0 spiro atoms. The summed E-state index contributed by atoms with van der Waals surface area (Å²) in [4.78, 5) is 12.3. The Hall–Kier alpha value is -2.42. The van der Waals surface area contributed by atoms with Gasteiger partial charge in [0, 0.05) is 17.3 Å². The second kappa shape index (κ2) is 10.6. The lowest BCUT2D eigenvalue weighted by molar-refractivity contribution is -0.113. The Bertz CT molecular complexity index is 1010. The average Bonchev–Trinajstić information content (AvgIpc) is 3.14. The highest BCUT2D eigenvalue weighted by Gasteiger charge is 2.14. The fraction of sp³-hybridized carbons (Fsp3) is 0.250. The molecule has 3 rings (SSSR count).